The maximum absolute atomic E-state index is 13.2. The van der Waals surface area contributed by atoms with Crippen molar-refractivity contribution in [3.05, 3.63) is 76.9 Å². The minimum Gasteiger partial charge on any atom is -0.347 e. The quantitative estimate of drug-likeness (QED) is 0.724. The lowest BCUT2D eigenvalue weighted by Crippen LogP contribution is -2.24. The summed E-state index contributed by atoms with van der Waals surface area (Å²) in [6, 6.07) is 15.2. The number of hydrogen-bond acceptors (Lipinski definition) is 3. The highest BCUT2D eigenvalue weighted by Crippen LogP contribution is 2.41. The normalized spacial score (nSPS) is 13.2. The average molecular weight is 360 g/mol. The zero-order valence-corrected chi connectivity index (χ0v) is 14.5. The second-order valence-electron chi connectivity index (χ2n) is 6.62. The summed E-state index contributed by atoms with van der Waals surface area (Å²) in [6.45, 7) is 0.317. The fraction of sp³-hybridized carbons (Fsp3) is 0.190. The Labute approximate surface area is 155 Å². The number of halogens is 1. The molecule has 1 heterocycles. The van der Waals surface area contributed by atoms with Crippen LogP contribution < -0.4 is 5.32 Å². The van der Waals surface area contributed by atoms with Gasteiger partial charge in [-0.15, -0.1) is 0 Å². The van der Waals surface area contributed by atoms with Gasteiger partial charge in [0.2, 0.25) is 0 Å². The fourth-order valence-corrected chi connectivity index (χ4v) is 2.99. The Kier molecular flexibility index (Phi) is 4.43. The molecule has 0 aliphatic heterocycles. The average Bonchev–Trinajstić information content (AvgIpc) is 3.45. The van der Waals surface area contributed by atoms with Crippen molar-refractivity contribution in [2.45, 2.75) is 25.3 Å². The molecule has 0 radical (unpaired) electrons. The van der Waals surface area contributed by atoms with Gasteiger partial charge in [-0.05, 0) is 54.8 Å². The number of carbonyl (C=O) groups is 1. The largest absolute Gasteiger partial charge is 0.347 e. The summed E-state index contributed by atoms with van der Waals surface area (Å²) in [5.41, 5.74) is 3.35. The second-order valence-corrected chi connectivity index (χ2v) is 6.62. The van der Waals surface area contributed by atoms with Crippen LogP contribution in [0.4, 0.5) is 4.39 Å². The standard InChI is InChI=1S/C21H17FN4O/c22-17-8-6-16(7-9-17)20-25-18(15-4-5-15)19(26-20)21(27)24-12-14-3-1-2-13(10-14)11-23/h1-3,6-10,15H,4-5,12H2,(H,24,27)(H,25,26). The van der Waals surface area contributed by atoms with E-state index in [4.69, 9.17) is 5.26 Å². The third-order valence-corrected chi connectivity index (χ3v) is 4.56. The summed E-state index contributed by atoms with van der Waals surface area (Å²) in [4.78, 5) is 20.4. The van der Waals surface area contributed by atoms with Gasteiger partial charge in [0.05, 0.1) is 17.3 Å². The Bertz CT molecular complexity index is 1030. The van der Waals surface area contributed by atoms with Gasteiger partial charge < -0.3 is 10.3 Å². The van der Waals surface area contributed by atoms with E-state index in [0.717, 1.165) is 29.7 Å². The van der Waals surface area contributed by atoms with Crippen molar-refractivity contribution in [3.63, 3.8) is 0 Å². The predicted molar refractivity (Wildman–Crippen MR) is 98.3 cm³/mol. The molecule has 0 bridgehead atoms. The van der Waals surface area contributed by atoms with Gasteiger partial charge in [0.15, 0.2) is 0 Å². The third kappa shape index (κ3) is 3.72. The van der Waals surface area contributed by atoms with Crippen molar-refractivity contribution >= 4 is 5.91 Å². The monoisotopic (exact) mass is 360 g/mol. The number of nitrogens with one attached hydrogen (secondary N) is 2. The molecule has 0 saturated heterocycles. The van der Waals surface area contributed by atoms with Crippen molar-refractivity contribution in [1.82, 2.24) is 15.3 Å². The van der Waals surface area contributed by atoms with Gasteiger partial charge in [0.1, 0.15) is 17.3 Å². The highest BCUT2D eigenvalue weighted by molar-refractivity contribution is 5.94. The van der Waals surface area contributed by atoms with Gasteiger partial charge in [-0.25, -0.2) is 9.37 Å². The number of H-pyrrole nitrogens is 1. The van der Waals surface area contributed by atoms with Crippen molar-refractivity contribution in [2.24, 2.45) is 0 Å². The molecule has 0 unspecified atom stereocenters. The highest BCUT2D eigenvalue weighted by atomic mass is 19.1. The molecule has 6 heteroatoms. The molecule has 134 valence electrons. The van der Waals surface area contributed by atoms with E-state index in [-0.39, 0.29) is 11.7 Å². The molecular formula is C21H17FN4O. The Morgan fingerprint density at radius 1 is 1.26 bits per heavy atom. The number of nitriles is 1. The zero-order valence-electron chi connectivity index (χ0n) is 14.5. The summed E-state index contributed by atoms with van der Waals surface area (Å²) < 4.78 is 13.2. The molecule has 2 N–H and O–H groups in total. The first-order valence-corrected chi connectivity index (χ1v) is 8.77. The van der Waals surface area contributed by atoms with E-state index in [1.165, 1.54) is 12.1 Å². The van der Waals surface area contributed by atoms with E-state index in [9.17, 15) is 9.18 Å². The van der Waals surface area contributed by atoms with Crippen molar-refractivity contribution < 1.29 is 9.18 Å². The summed E-state index contributed by atoms with van der Waals surface area (Å²) in [5.74, 6) is 0.303. The zero-order chi connectivity index (χ0) is 18.8. The van der Waals surface area contributed by atoms with Gasteiger partial charge in [-0.3, -0.25) is 4.79 Å². The van der Waals surface area contributed by atoms with Gasteiger partial charge >= 0.3 is 0 Å². The van der Waals surface area contributed by atoms with E-state index in [2.05, 4.69) is 21.4 Å². The van der Waals surface area contributed by atoms with Crippen LogP contribution in [0.1, 0.15) is 46.1 Å². The van der Waals surface area contributed by atoms with Crippen LogP contribution in [0.2, 0.25) is 0 Å². The van der Waals surface area contributed by atoms with Crippen LogP contribution in [0, 0.1) is 17.1 Å². The Morgan fingerprint density at radius 3 is 2.74 bits per heavy atom. The summed E-state index contributed by atoms with van der Waals surface area (Å²) in [7, 11) is 0. The van der Waals surface area contributed by atoms with Crippen molar-refractivity contribution in [3.8, 4) is 17.5 Å². The predicted octanol–water partition coefficient (Wildman–Crippen LogP) is 3.89. The Balaban J connectivity index is 1.55. The molecule has 5 nitrogen and oxygen atoms in total. The lowest BCUT2D eigenvalue weighted by molar-refractivity contribution is 0.0945. The molecule has 1 amide bonds. The van der Waals surface area contributed by atoms with Gasteiger partial charge in [0.25, 0.3) is 5.91 Å². The molecule has 2 aromatic carbocycles. The van der Waals surface area contributed by atoms with Crippen molar-refractivity contribution in [1.29, 1.82) is 5.26 Å². The van der Waals surface area contributed by atoms with Gasteiger partial charge in [-0.1, -0.05) is 12.1 Å². The van der Waals surface area contributed by atoms with E-state index in [1.807, 2.05) is 6.07 Å². The first-order chi connectivity index (χ1) is 13.1. The van der Waals surface area contributed by atoms with Crippen LogP contribution in [0.5, 0.6) is 0 Å². The molecule has 4 rings (SSSR count). The minimum absolute atomic E-state index is 0.260. The second kappa shape index (κ2) is 7.04. The molecule has 1 aliphatic carbocycles. The minimum atomic E-state index is -0.315. The maximum Gasteiger partial charge on any atom is 0.272 e. The molecule has 1 aromatic heterocycles. The van der Waals surface area contributed by atoms with E-state index in [1.54, 1.807) is 30.3 Å². The van der Waals surface area contributed by atoms with Crippen LogP contribution in [-0.2, 0) is 6.54 Å². The first-order valence-electron chi connectivity index (χ1n) is 8.77. The summed E-state index contributed by atoms with van der Waals surface area (Å²) >= 11 is 0. The number of aromatic nitrogens is 2. The molecule has 1 fully saturated rings. The smallest absolute Gasteiger partial charge is 0.272 e. The summed E-state index contributed by atoms with van der Waals surface area (Å²) in [5, 5.41) is 11.8. The van der Waals surface area contributed by atoms with Crippen LogP contribution in [0.25, 0.3) is 11.4 Å². The SMILES string of the molecule is N#Cc1cccc(CNC(=O)c2nc(-c3ccc(F)cc3)[nH]c2C2CC2)c1. The molecule has 27 heavy (non-hydrogen) atoms. The number of imidazole rings is 1. The van der Waals surface area contributed by atoms with Gasteiger partial charge in [-0.2, -0.15) is 5.26 Å². The Hall–Kier alpha value is -3.46. The number of amides is 1. The number of rotatable bonds is 5. The van der Waals surface area contributed by atoms with Crippen molar-refractivity contribution in [2.75, 3.05) is 0 Å². The topological polar surface area (TPSA) is 81.6 Å². The Morgan fingerprint density at radius 2 is 2.04 bits per heavy atom. The fourth-order valence-electron chi connectivity index (χ4n) is 2.99. The van der Waals surface area contributed by atoms with E-state index in [0.29, 0.717) is 29.5 Å². The first kappa shape index (κ1) is 17.0. The van der Waals surface area contributed by atoms with E-state index >= 15 is 0 Å². The molecule has 3 aromatic rings. The van der Waals surface area contributed by atoms with E-state index < -0.39 is 0 Å². The lowest BCUT2D eigenvalue weighted by atomic mass is 10.1. The van der Waals surface area contributed by atoms with Crippen LogP contribution in [0.3, 0.4) is 0 Å². The molecule has 0 atom stereocenters. The number of aromatic amines is 1. The maximum atomic E-state index is 13.2. The highest BCUT2D eigenvalue weighted by Gasteiger charge is 2.31. The third-order valence-electron chi connectivity index (χ3n) is 4.56. The van der Waals surface area contributed by atoms with Crippen LogP contribution in [-0.4, -0.2) is 15.9 Å². The van der Waals surface area contributed by atoms with Crippen LogP contribution in [0.15, 0.2) is 48.5 Å². The van der Waals surface area contributed by atoms with Gasteiger partial charge in [0, 0.05) is 18.0 Å². The molecule has 0 spiro atoms. The lowest BCUT2D eigenvalue weighted by Gasteiger charge is -2.05. The summed E-state index contributed by atoms with van der Waals surface area (Å²) in [6.07, 6.45) is 2.05. The number of benzene rings is 2. The molecule has 1 saturated carbocycles. The molecule has 1 aliphatic rings. The number of nitrogens with zero attached hydrogens (tertiary/aromatic N) is 2. The number of carbonyl (C=O) groups excluding carboxylic acids is 1. The molecular weight excluding hydrogens is 343 g/mol. The van der Waals surface area contributed by atoms with Crippen LogP contribution >= 0.6 is 0 Å². The number of hydrogen-bond donors (Lipinski definition) is 2.